The van der Waals surface area contributed by atoms with Gasteiger partial charge in [0, 0.05) is 0 Å². The van der Waals surface area contributed by atoms with Crippen molar-refractivity contribution in [1.29, 1.82) is 0 Å². The topological polar surface area (TPSA) is 0 Å². The van der Waals surface area contributed by atoms with E-state index in [9.17, 15) is 0 Å². The molecule has 0 spiro atoms. The van der Waals surface area contributed by atoms with Crippen LogP contribution in [0.4, 0.5) is 0 Å². The van der Waals surface area contributed by atoms with Gasteiger partial charge in [-0.3, -0.25) is 0 Å². The average molecular weight is 182 g/mol. The third-order valence-electron chi connectivity index (χ3n) is 2.71. The molecule has 0 N–H and O–H groups in total. The first kappa shape index (κ1) is 9.01. The predicted octanol–water partition coefficient (Wildman–Crippen LogP) is 4.10. The number of hydrogen-bond acceptors (Lipinski definition) is 0. The van der Waals surface area contributed by atoms with Gasteiger partial charge < -0.3 is 0 Å². The van der Waals surface area contributed by atoms with Crippen molar-refractivity contribution in [2.45, 2.75) is 13.8 Å². The second-order valence-electron chi connectivity index (χ2n) is 3.67. The van der Waals surface area contributed by atoms with E-state index in [1.807, 2.05) is 6.08 Å². The summed E-state index contributed by atoms with van der Waals surface area (Å²) in [4.78, 5) is 0. The van der Waals surface area contributed by atoms with Gasteiger partial charge >= 0.3 is 0 Å². The lowest BCUT2D eigenvalue weighted by Gasteiger charge is -2.08. The molecule has 0 saturated heterocycles. The molecule has 0 atom stereocenters. The molecule has 14 heavy (non-hydrogen) atoms. The first-order chi connectivity index (χ1) is 6.74. The van der Waals surface area contributed by atoms with Crippen molar-refractivity contribution in [2.75, 3.05) is 0 Å². The van der Waals surface area contributed by atoms with E-state index in [1.54, 1.807) is 0 Å². The minimum atomic E-state index is 1.22. The van der Waals surface area contributed by atoms with Gasteiger partial charge in [0.25, 0.3) is 0 Å². The van der Waals surface area contributed by atoms with E-state index in [4.69, 9.17) is 0 Å². The summed E-state index contributed by atoms with van der Waals surface area (Å²) in [6, 6.07) is 10.7. The average Bonchev–Trinajstić information content (AvgIpc) is 2.18. The second-order valence-corrected chi connectivity index (χ2v) is 3.67. The van der Waals surface area contributed by atoms with Crippen LogP contribution in [0, 0.1) is 13.8 Å². The predicted molar refractivity (Wildman–Crippen MR) is 63.5 cm³/mol. The Morgan fingerprint density at radius 3 is 2.43 bits per heavy atom. The summed E-state index contributed by atoms with van der Waals surface area (Å²) in [5.41, 5.74) is 3.89. The largest absolute Gasteiger partial charge is 0.0984 e. The van der Waals surface area contributed by atoms with Crippen molar-refractivity contribution in [3.63, 3.8) is 0 Å². The van der Waals surface area contributed by atoms with Crippen LogP contribution in [0.2, 0.25) is 0 Å². The van der Waals surface area contributed by atoms with Crippen LogP contribution >= 0.6 is 0 Å². The lowest BCUT2D eigenvalue weighted by Crippen LogP contribution is -1.85. The number of rotatable bonds is 1. The smallest absolute Gasteiger partial charge is 0.0106 e. The van der Waals surface area contributed by atoms with E-state index < -0.39 is 0 Å². The van der Waals surface area contributed by atoms with Gasteiger partial charge in [0.2, 0.25) is 0 Å². The molecule has 0 aliphatic rings. The van der Waals surface area contributed by atoms with Gasteiger partial charge in [-0.05, 0) is 41.3 Å². The summed E-state index contributed by atoms with van der Waals surface area (Å²) in [7, 11) is 0. The highest BCUT2D eigenvalue weighted by Crippen LogP contribution is 2.25. The minimum absolute atomic E-state index is 1.22. The molecular weight excluding hydrogens is 168 g/mol. The molecule has 0 bridgehead atoms. The first-order valence-corrected chi connectivity index (χ1v) is 4.85. The zero-order valence-electron chi connectivity index (χ0n) is 8.67. The number of hydrogen-bond donors (Lipinski definition) is 0. The van der Waals surface area contributed by atoms with Gasteiger partial charge in [-0.1, -0.05) is 43.0 Å². The molecule has 0 aliphatic heterocycles. The van der Waals surface area contributed by atoms with Crippen molar-refractivity contribution in [3.8, 4) is 0 Å². The third kappa shape index (κ3) is 1.24. The highest BCUT2D eigenvalue weighted by molar-refractivity contribution is 5.94. The van der Waals surface area contributed by atoms with E-state index in [0.717, 1.165) is 0 Å². The van der Waals surface area contributed by atoms with E-state index in [2.05, 4.69) is 50.8 Å². The molecule has 0 heterocycles. The summed E-state index contributed by atoms with van der Waals surface area (Å²) in [5.74, 6) is 0. The maximum absolute atomic E-state index is 3.84. The van der Waals surface area contributed by atoms with Gasteiger partial charge in [0.1, 0.15) is 0 Å². The zero-order chi connectivity index (χ0) is 10.1. The maximum Gasteiger partial charge on any atom is -0.0106 e. The molecule has 0 heteroatoms. The van der Waals surface area contributed by atoms with E-state index >= 15 is 0 Å². The van der Waals surface area contributed by atoms with Gasteiger partial charge in [-0.15, -0.1) is 0 Å². The molecule has 0 saturated carbocycles. The van der Waals surface area contributed by atoms with Crippen LogP contribution in [0.1, 0.15) is 16.7 Å². The van der Waals surface area contributed by atoms with Gasteiger partial charge in [-0.2, -0.15) is 0 Å². The molecule has 0 amide bonds. The Bertz CT molecular complexity index is 484. The normalized spacial score (nSPS) is 10.4. The first-order valence-electron chi connectivity index (χ1n) is 4.85. The minimum Gasteiger partial charge on any atom is -0.0984 e. The summed E-state index contributed by atoms with van der Waals surface area (Å²) in [6.45, 7) is 8.15. The summed E-state index contributed by atoms with van der Waals surface area (Å²) < 4.78 is 0. The maximum atomic E-state index is 3.84. The van der Waals surface area contributed by atoms with Crippen LogP contribution < -0.4 is 0 Å². The molecule has 2 rings (SSSR count). The van der Waals surface area contributed by atoms with Crippen LogP contribution in [-0.2, 0) is 0 Å². The Morgan fingerprint density at radius 2 is 1.71 bits per heavy atom. The lowest BCUT2D eigenvalue weighted by molar-refractivity contribution is 1.46. The molecule has 0 radical (unpaired) electrons. The highest BCUT2D eigenvalue weighted by atomic mass is 14.1. The fourth-order valence-corrected chi connectivity index (χ4v) is 2.00. The van der Waals surface area contributed by atoms with E-state index in [-0.39, 0.29) is 0 Å². The molecule has 0 unspecified atom stereocenters. The molecule has 2 aromatic carbocycles. The van der Waals surface area contributed by atoms with Gasteiger partial charge in [0.15, 0.2) is 0 Å². The Hall–Kier alpha value is -1.56. The Kier molecular flexibility index (Phi) is 2.12. The van der Waals surface area contributed by atoms with Crippen molar-refractivity contribution < 1.29 is 0 Å². The lowest BCUT2D eigenvalue weighted by atomic mass is 9.97. The fraction of sp³-hybridized carbons (Fsp3) is 0.143. The van der Waals surface area contributed by atoms with Crippen LogP contribution in [0.25, 0.3) is 16.8 Å². The Labute approximate surface area is 84.9 Å². The zero-order valence-corrected chi connectivity index (χ0v) is 8.67. The van der Waals surface area contributed by atoms with Crippen molar-refractivity contribution in [2.24, 2.45) is 0 Å². The number of fused-ring (bicyclic) bond motifs is 1. The van der Waals surface area contributed by atoms with Crippen LogP contribution in [0.3, 0.4) is 0 Å². The van der Waals surface area contributed by atoms with Crippen LogP contribution in [0.5, 0.6) is 0 Å². The monoisotopic (exact) mass is 182 g/mol. The van der Waals surface area contributed by atoms with Gasteiger partial charge in [0.05, 0.1) is 0 Å². The number of benzene rings is 2. The Balaban J connectivity index is 2.98. The molecular formula is C14H14. The van der Waals surface area contributed by atoms with Gasteiger partial charge in [-0.25, -0.2) is 0 Å². The molecule has 0 aromatic heterocycles. The molecule has 0 fully saturated rings. The second kappa shape index (κ2) is 3.30. The molecule has 0 aliphatic carbocycles. The van der Waals surface area contributed by atoms with Crippen molar-refractivity contribution in [3.05, 3.63) is 53.6 Å². The van der Waals surface area contributed by atoms with E-state index in [0.29, 0.717) is 0 Å². The molecule has 0 nitrogen and oxygen atoms in total. The summed E-state index contributed by atoms with van der Waals surface area (Å²) in [6.07, 6.45) is 1.92. The van der Waals surface area contributed by atoms with Crippen molar-refractivity contribution >= 4 is 16.8 Å². The molecule has 70 valence electrons. The van der Waals surface area contributed by atoms with Crippen molar-refractivity contribution in [1.82, 2.24) is 0 Å². The van der Waals surface area contributed by atoms with Crippen LogP contribution in [0.15, 0.2) is 36.9 Å². The van der Waals surface area contributed by atoms with E-state index in [1.165, 1.54) is 27.5 Å². The quantitative estimate of drug-likeness (QED) is 0.623. The summed E-state index contributed by atoms with van der Waals surface area (Å²) >= 11 is 0. The number of aryl methyl sites for hydroxylation is 2. The standard InChI is InChI=1S/C14H14/c1-4-12-9-8-11(3)14-10(2)6-5-7-13(12)14/h4-9H,1H2,2-3H3. The van der Waals surface area contributed by atoms with Crippen LogP contribution in [-0.4, -0.2) is 0 Å². The summed E-state index contributed by atoms with van der Waals surface area (Å²) in [5, 5.41) is 2.67. The highest BCUT2D eigenvalue weighted by Gasteiger charge is 2.02. The molecule has 2 aromatic rings. The SMILES string of the molecule is C=Cc1ccc(C)c2c(C)cccc12. The fourth-order valence-electron chi connectivity index (χ4n) is 2.00. The Morgan fingerprint density at radius 1 is 1.00 bits per heavy atom. The third-order valence-corrected chi connectivity index (χ3v) is 2.71.